The van der Waals surface area contributed by atoms with Crippen molar-refractivity contribution in [2.45, 2.75) is 51.7 Å². The van der Waals surface area contributed by atoms with Crippen molar-refractivity contribution in [3.8, 4) is 0 Å². The van der Waals surface area contributed by atoms with E-state index in [0.29, 0.717) is 12.5 Å². The molecule has 1 saturated heterocycles. The third-order valence-corrected chi connectivity index (χ3v) is 5.85. The lowest BCUT2D eigenvalue weighted by Gasteiger charge is -2.41. The first kappa shape index (κ1) is 22.0. The number of nitrogens with zero attached hydrogens (tertiary/aromatic N) is 4. The molecule has 0 atom stereocenters. The van der Waals surface area contributed by atoms with Crippen molar-refractivity contribution in [1.82, 2.24) is 14.8 Å². The van der Waals surface area contributed by atoms with E-state index in [-0.39, 0.29) is 23.7 Å². The van der Waals surface area contributed by atoms with E-state index in [1.807, 2.05) is 0 Å². The zero-order chi connectivity index (χ0) is 21.2. The van der Waals surface area contributed by atoms with Gasteiger partial charge in [0, 0.05) is 51.2 Å². The van der Waals surface area contributed by atoms with Crippen molar-refractivity contribution in [3.05, 3.63) is 23.9 Å². The number of halogens is 3. The van der Waals surface area contributed by atoms with E-state index in [0.717, 1.165) is 51.6 Å². The Labute approximate surface area is 170 Å². The molecule has 1 aromatic rings. The molecule has 1 amide bonds. The molecule has 29 heavy (non-hydrogen) atoms. The van der Waals surface area contributed by atoms with E-state index in [1.54, 1.807) is 6.92 Å². The summed E-state index contributed by atoms with van der Waals surface area (Å²) in [5, 5.41) is 0. The van der Waals surface area contributed by atoms with Gasteiger partial charge in [0.25, 0.3) is 0 Å². The minimum absolute atomic E-state index is 0.0939. The molecule has 0 bridgehead atoms. The Hall–Kier alpha value is -1.67. The van der Waals surface area contributed by atoms with Crippen LogP contribution in [0.15, 0.2) is 18.2 Å². The van der Waals surface area contributed by atoms with Crippen LogP contribution in [0.3, 0.4) is 0 Å². The number of anilines is 1. The number of rotatable bonds is 7. The minimum atomic E-state index is -4.53. The van der Waals surface area contributed by atoms with Gasteiger partial charge in [0.05, 0.1) is 0 Å². The van der Waals surface area contributed by atoms with E-state index in [9.17, 15) is 18.0 Å². The molecule has 8 heteroatoms. The number of amides is 1. The first-order valence-corrected chi connectivity index (χ1v) is 10.5. The Bertz CT molecular complexity index is 710. The second-order valence-electron chi connectivity index (χ2n) is 8.62. The second kappa shape index (κ2) is 8.60. The van der Waals surface area contributed by atoms with Crippen LogP contribution in [-0.4, -0.2) is 65.5 Å². The smallest absolute Gasteiger partial charge is 0.301 e. The second-order valence-corrected chi connectivity index (χ2v) is 8.62. The molecule has 0 unspecified atom stereocenters. The van der Waals surface area contributed by atoms with Crippen molar-refractivity contribution in [2.75, 3.05) is 44.2 Å². The number of piperazine rings is 1. The first-order valence-electron chi connectivity index (χ1n) is 10.5. The highest BCUT2D eigenvalue weighted by Crippen LogP contribution is 2.43. The highest BCUT2D eigenvalue weighted by molar-refractivity contribution is 5.92. The topological polar surface area (TPSA) is 39.7 Å². The van der Waals surface area contributed by atoms with Gasteiger partial charge >= 0.3 is 6.18 Å². The highest BCUT2D eigenvalue weighted by atomic mass is 19.4. The van der Waals surface area contributed by atoms with Crippen LogP contribution >= 0.6 is 0 Å². The Morgan fingerprint density at radius 2 is 1.86 bits per heavy atom. The summed E-state index contributed by atoms with van der Waals surface area (Å²) in [6.45, 7) is 11.5. The predicted molar refractivity (Wildman–Crippen MR) is 107 cm³/mol. The monoisotopic (exact) mass is 412 g/mol. The van der Waals surface area contributed by atoms with Gasteiger partial charge in [-0.2, -0.15) is 13.2 Å². The number of pyridine rings is 1. The molecule has 0 aromatic carbocycles. The number of alkyl halides is 3. The molecular weight excluding hydrogens is 381 g/mol. The molecule has 1 saturated carbocycles. The number of aromatic nitrogens is 1. The lowest BCUT2D eigenvalue weighted by Crippen LogP contribution is -2.56. The van der Waals surface area contributed by atoms with Crippen LogP contribution in [0.4, 0.5) is 19.0 Å². The van der Waals surface area contributed by atoms with Crippen molar-refractivity contribution < 1.29 is 18.0 Å². The van der Waals surface area contributed by atoms with Gasteiger partial charge in [-0.15, -0.1) is 0 Å². The van der Waals surface area contributed by atoms with Gasteiger partial charge in [-0.05, 0) is 30.9 Å². The number of carbonyl (C=O) groups is 1. The van der Waals surface area contributed by atoms with E-state index in [4.69, 9.17) is 0 Å². The van der Waals surface area contributed by atoms with Crippen LogP contribution in [0.2, 0.25) is 0 Å². The SMILES string of the molecule is CCC(=O)N(CC1(N2CCN(CC(C)C)CC2)CC1)c1cccc(C(F)(F)F)n1. The molecule has 0 spiro atoms. The maximum atomic E-state index is 13.1. The van der Waals surface area contributed by atoms with Crippen molar-refractivity contribution in [3.63, 3.8) is 0 Å². The molecule has 162 valence electrons. The number of carbonyl (C=O) groups excluding carboxylic acids is 1. The van der Waals surface area contributed by atoms with Crippen LogP contribution < -0.4 is 4.90 Å². The van der Waals surface area contributed by atoms with Crippen LogP contribution in [-0.2, 0) is 11.0 Å². The quantitative estimate of drug-likeness (QED) is 0.685. The Kier molecular flexibility index (Phi) is 6.53. The summed E-state index contributed by atoms with van der Waals surface area (Å²) < 4.78 is 39.3. The minimum Gasteiger partial charge on any atom is -0.301 e. The third-order valence-electron chi connectivity index (χ3n) is 5.85. The molecule has 2 fully saturated rings. The standard InChI is InChI=1S/C21H31F3N4O/c1-4-19(29)28(18-7-5-6-17(25-18)21(22,23)24)15-20(8-9-20)27-12-10-26(11-13-27)14-16(2)3/h5-7,16H,4,8-15H2,1-3H3. The van der Waals surface area contributed by atoms with Gasteiger partial charge in [-0.3, -0.25) is 14.6 Å². The average Bonchev–Trinajstić information content (AvgIpc) is 3.46. The normalized spacial score (nSPS) is 20.1. The molecule has 2 aliphatic rings. The maximum absolute atomic E-state index is 13.1. The molecule has 1 aromatic heterocycles. The van der Waals surface area contributed by atoms with E-state index >= 15 is 0 Å². The van der Waals surface area contributed by atoms with Gasteiger partial charge in [0.15, 0.2) is 0 Å². The van der Waals surface area contributed by atoms with Gasteiger partial charge in [0.2, 0.25) is 5.91 Å². The molecule has 1 aliphatic heterocycles. The molecule has 0 N–H and O–H groups in total. The fourth-order valence-electron chi connectivity index (χ4n) is 4.15. The lowest BCUT2D eigenvalue weighted by atomic mass is 10.1. The molecule has 2 heterocycles. The van der Waals surface area contributed by atoms with Crippen LogP contribution in [0, 0.1) is 5.92 Å². The fourth-order valence-corrected chi connectivity index (χ4v) is 4.15. The summed E-state index contributed by atoms with van der Waals surface area (Å²) >= 11 is 0. The summed E-state index contributed by atoms with van der Waals surface area (Å²) in [5.41, 5.74) is -1.10. The first-order chi connectivity index (χ1) is 13.6. The third kappa shape index (κ3) is 5.28. The number of hydrogen-bond acceptors (Lipinski definition) is 4. The molecule has 3 rings (SSSR count). The van der Waals surface area contributed by atoms with Crippen LogP contribution in [0.25, 0.3) is 0 Å². The average molecular weight is 413 g/mol. The zero-order valence-corrected chi connectivity index (χ0v) is 17.5. The van der Waals surface area contributed by atoms with Gasteiger partial charge in [-0.1, -0.05) is 26.8 Å². The largest absolute Gasteiger partial charge is 0.433 e. The zero-order valence-electron chi connectivity index (χ0n) is 17.5. The van der Waals surface area contributed by atoms with E-state index in [2.05, 4.69) is 28.6 Å². The van der Waals surface area contributed by atoms with Gasteiger partial charge < -0.3 is 4.90 Å². The van der Waals surface area contributed by atoms with Crippen molar-refractivity contribution >= 4 is 11.7 Å². The fraction of sp³-hybridized carbons (Fsp3) is 0.714. The van der Waals surface area contributed by atoms with Crippen LogP contribution in [0.1, 0.15) is 45.7 Å². The number of hydrogen-bond donors (Lipinski definition) is 0. The molecule has 0 radical (unpaired) electrons. The van der Waals surface area contributed by atoms with E-state index < -0.39 is 11.9 Å². The summed E-state index contributed by atoms with van der Waals surface area (Å²) in [4.78, 5) is 22.7. The Balaban J connectivity index is 1.74. The van der Waals surface area contributed by atoms with Gasteiger partial charge in [0.1, 0.15) is 11.5 Å². The van der Waals surface area contributed by atoms with Crippen molar-refractivity contribution in [2.24, 2.45) is 5.92 Å². The van der Waals surface area contributed by atoms with Crippen LogP contribution in [0.5, 0.6) is 0 Å². The lowest BCUT2D eigenvalue weighted by molar-refractivity contribution is -0.141. The van der Waals surface area contributed by atoms with Crippen molar-refractivity contribution in [1.29, 1.82) is 0 Å². The highest BCUT2D eigenvalue weighted by Gasteiger charge is 2.50. The molecule has 5 nitrogen and oxygen atoms in total. The summed E-state index contributed by atoms with van der Waals surface area (Å²) in [7, 11) is 0. The predicted octanol–water partition coefficient (Wildman–Crippen LogP) is 3.65. The molecule has 1 aliphatic carbocycles. The maximum Gasteiger partial charge on any atom is 0.433 e. The molecular formula is C21H31F3N4O. The Morgan fingerprint density at radius 1 is 1.21 bits per heavy atom. The van der Waals surface area contributed by atoms with Gasteiger partial charge in [-0.25, -0.2) is 4.98 Å². The summed E-state index contributed by atoms with van der Waals surface area (Å²) in [5.74, 6) is 0.527. The summed E-state index contributed by atoms with van der Waals surface area (Å²) in [6, 6.07) is 3.77. The van der Waals surface area contributed by atoms with E-state index in [1.165, 1.54) is 17.0 Å². The Morgan fingerprint density at radius 3 is 2.38 bits per heavy atom. The summed E-state index contributed by atoms with van der Waals surface area (Å²) in [6.07, 6.45) is -2.37.